The van der Waals surface area contributed by atoms with Gasteiger partial charge in [-0.25, -0.2) is 0 Å². The molecule has 320 valence electrons. The normalized spacial score (nSPS) is 11.7. The molecule has 6 nitrogen and oxygen atoms in total. The maximum Gasteiger partial charge on any atom is 0.192 e. The van der Waals surface area contributed by atoms with E-state index in [0.29, 0.717) is 18.8 Å². The van der Waals surface area contributed by atoms with Crippen LogP contribution in [0, 0.1) is 7.14 Å². The third-order valence-corrected chi connectivity index (χ3v) is 23.4. The fourth-order valence-corrected chi connectivity index (χ4v) is 8.56. The number of aliphatic hydroxyl groups is 2. The third-order valence-electron chi connectivity index (χ3n) is 10.1. The summed E-state index contributed by atoms with van der Waals surface area (Å²) in [5, 5.41) is 18.2. The molecule has 4 aromatic rings. The topological polar surface area (TPSA) is 93.1 Å². The number of carbonyl (C=O) groups excluding carboxylic acids is 2. The summed E-state index contributed by atoms with van der Waals surface area (Å²) in [7, 11) is -3.41. The smallest absolute Gasteiger partial charge is 0.192 e. The molecule has 58 heavy (non-hydrogen) atoms. The molecule has 0 aliphatic heterocycles. The fourth-order valence-electron chi connectivity index (χ4n) is 4.09. The molecular weight excluding hydrogens is 1250 g/mol. The highest BCUT2D eigenvalue weighted by atomic mass is 127. The predicted octanol–water partition coefficient (Wildman–Crippen LogP) is 15.4. The first-order chi connectivity index (χ1) is 26.6. The second-order valence-electron chi connectivity index (χ2n) is 16.6. The number of aliphatic hydroxyl groups excluding tert-OH is 2. The summed E-state index contributed by atoms with van der Waals surface area (Å²) in [5.41, 5.74) is 5.31. The highest BCUT2D eigenvalue weighted by Crippen LogP contribution is 2.38. The van der Waals surface area contributed by atoms with E-state index < -0.39 is 16.6 Å². The van der Waals surface area contributed by atoms with Crippen molar-refractivity contribution >= 4 is 137 Å². The van der Waals surface area contributed by atoms with E-state index in [0.717, 1.165) is 43.7 Å². The van der Waals surface area contributed by atoms with Crippen molar-refractivity contribution in [3.8, 4) is 0 Å². The van der Waals surface area contributed by atoms with Crippen LogP contribution >= 0.6 is 109 Å². The van der Waals surface area contributed by atoms with E-state index in [-0.39, 0.29) is 34.9 Å². The SMILES string of the molecule is CC(=O)c1ccc(Br)c(CO)c1.CC(=O)c1ccc(Br)c(CO[Si](C)(C)C(C)(C)C)c1.CC(C)(C)[Si](C)(C)OCc1cc(I)ccc1Br.OCc1cc(I)ccc1Br. The van der Waals surface area contributed by atoms with Gasteiger partial charge < -0.3 is 19.1 Å². The lowest BCUT2D eigenvalue weighted by Gasteiger charge is -2.36. The number of halogens is 6. The van der Waals surface area contributed by atoms with Gasteiger partial charge in [0, 0.05) is 36.2 Å². The zero-order valence-corrected chi connectivity index (χ0v) is 48.2. The average Bonchev–Trinajstić information content (AvgIpc) is 3.12. The molecule has 14 heteroatoms. The first kappa shape index (κ1) is 55.9. The van der Waals surface area contributed by atoms with Crippen LogP contribution < -0.4 is 0 Å². The van der Waals surface area contributed by atoms with Crippen molar-refractivity contribution in [3.63, 3.8) is 0 Å². The molecule has 0 saturated carbocycles. The summed E-state index contributed by atoms with van der Waals surface area (Å²) < 4.78 is 18.7. The van der Waals surface area contributed by atoms with E-state index >= 15 is 0 Å². The van der Waals surface area contributed by atoms with Gasteiger partial charge in [-0.05, 0) is 178 Å². The van der Waals surface area contributed by atoms with Crippen LogP contribution in [0.15, 0.2) is 90.7 Å². The standard InChI is InChI=1S/C15H23BrO2Si.C13H20BrIOSi.C9H9BrO2.C7H6BrIO/c1-11(17)12-7-8-14(16)13(9-12)10-18-19(5,6)15(2,3)4;1-13(2,3)17(4,5)16-9-10-8-11(15)6-7-12(10)14;1-6(12)7-2-3-9(10)8(4-7)5-11;8-7-2-1-6(9)3-5(7)4-10/h7-9H,10H2,1-6H3;6-8H,9H2,1-5H3;2-4,11H,5H2,1H3;1-3,10H,4H2. The second kappa shape index (κ2) is 25.2. The maximum absolute atomic E-state index is 11.4. The first-order valence-corrected chi connectivity index (χ1v) is 29.7. The molecule has 0 spiro atoms. The average molecular weight is 1310 g/mol. The highest BCUT2D eigenvalue weighted by molar-refractivity contribution is 14.1. The van der Waals surface area contributed by atoms with Crippen LogP contribution in [0.4, 0.5) is 0 Å². The molecular formula is C44H58Br4I2O6Si2. The fraction of sp³-hybridized carbons (Fsp3) is 0.409. The highest BCUT2D eigenvalue weighted by Gasteiger charge is 2.38. The summed E-state index contributed by atoms with van der Waals surface area (Å²) in [4.78, 5) is 22.3. The lowest BCUT2D eigenvalue weighted by atomic mass is 10.1. The van der Waals surface area contributed by atoms with Gasteiger partial charge in [-0.3, -0.25) is 9.59 Å². The van der Waals surface area contributed by atoms with E-state index in [1.807, 2.05) is 36.4 Å². The van der Waals surface area contributed by atoms with Crippen LogP contribution in [-0.2, 0) is 35.3 Å². The molecule has 0 radical (unpaired) electrons. The van der Waals surface area contributed by atoms with Gasteiger partial charge in [0.05, 0.1) is 26.4 Å². The molecule has 4 rings (SSSR count). The third kappa shape index (κ3) is 19.1. The van der Waals surface area contributed by atoms with Crippen molar-refractivity contribution in [2.24, 2.45) is 0 Å². The van der Waals surface area contributed by atoms with Gasteiger partial charge >= 0.3 is 0 Å². The van der Waals surface area contributed by atoms with Crippen LogP contribution in [0.25, 0.3) is 0 Å². The van der Waals surface area contributed by atoms with Gasteiger partial charge in [-0.2, -0.15) is 0 Å². The Kier molecular flexibility index (Phi) is 24.3. The largest absolute Gasteiger partial charge is 0.413 e. The summed E-state index contributed by atoms with van der Waals surface area (Å²) in [6, 6.07) is 23.1. The molecule has 0 saturated heterocycles. The Bertz CT molecular complexity index is 1980. The summed E-state index contributed by atoms with van der Waals surface area (Å²) in [5.74, 6) is 0.0956. The van der Waals surface area contributed by atoms with Gasteiger partial charge in [0.1, 0.15) is 0 Å². The minimum Gasteiger partial charge on any atom is -0.413 e. The number of rotatable bonds is 10. The van der Waals surface area contributed by atoms with Crippen molar-refractivity contribution in [3.05, 3.63) is 131 Å². The first-order valence-electron chi connectivity index (χ1n) is 18.5. The van der Waals surface area contributed by atoms with Gasteiger partial charge in [0.2, 0.25) is 0 Å². The zero-order chi connectivity index (χ0) is 44.8. The molecule has 0 amide bonds. The summed E-state index contributed by atoms with van der Waals surface area (Å²) in [6.45, 7) is 26.9. The van der Waals surface area contributed by atoms with Gasteiger partial charge in [0.15, 0.2) is 28.2 Å². The number of Topliss-reactive ketones (excluding diaryl/α,β-unsaturated/α-hetero) is 2. The van der Waals surface area contributed by atoms with Crippen molar-refractivity contribution in [2.45, 2.75) is 118 Å². The predicted molar refractivity (Wildman–Crippen MR) is 278 cm³/mol. The molecule has 0 aromatic heterocycles. The minimum atomic E-state index is -1.76. The molecule has 4 aromatic carbocycles. The monoisotopic (exact) mass is 1310 g/mol. The number of ketones is 2. The number of hydrogen-bond acceptors (Lipinski definition) is 6. The van der Waals surface area contributed by atoms with Crippen LogP contribution in [-0.4, -0.2) is 38.4 Å². The van der Waals surface area contributed by atoms with Crippen LogP contribution in [0.2, 0.25) is 36.3 Å². The Morgan fingerprint density at radius 2 is 0.810 bits per heavy atom. The van der Waals surface area contributed by atoms with Crippen molar-refractivity contribution in [1.29, 1.82) is 0 Å². The van der Waals surface area contributed by atoms with Gasteiger partial charge in [-0.1, -0.05) is 117 Å². The number of benzene rings is 4. The van der Waals surface area contributed by atoms with E-state index in [1.54, 1.807) is 25.1 Å². The molecule has 0 atom stereocenters. The Labute approximate surface area is 410 Å². The molecule has 0 heterocycles. The van der Waals surface area contributed by atoms with Gasteiger partial charge in [-0.15, -0.1) is 0 Å². The summed E-state index contributed by atoms with van der Waals surface area (Å²) >= 11 is 18.2. The Balaban J connectivity index is 0.000000398. The van der Waals surface area contributed by atoms with Crippen molar-refractivity contribution in [1.82, 2.24) is 0 Å². The molecule has 0 unspecified atom stereocenters. The van der Waals surface area contributed by atoms with E-state index in [4.69, 9.17) is 19.1 Å². The van der Waals surface area contributed by atoms with E-state index in [9.17, 15) is 9.59 Å². The zero-order valence-electron chi connectivity index (χ0n) is 35.6. The number of hydrogen-bond donors (Lipinski definition) is 2. The summed E-state index contributed by atoms with van der Waals surface area (Å²) in [6.07, 6.45) is 0. The Morgan fingerprint density at radius 3 is 1.12 bits per heavy atom. The van der Waals surface area contributed by atoms with E-state index in [2.05, 4.69) is 195 Å². The number of carbonyl (C=O) groups is 2. The second-order valence-corrected chi connectivity index (χ2v) is 32.1. The molecule has 0 bridgehead atoms. The Morgan fingerprint density at radius 1 is 0.534 bits per heavy atom. The molecule has 0 fully saturated rings. The molecule has 0 aliphatic rings. The van der Waals surface area contributed by atoms with Gasteiger partial charge in [0.25, 0.3) is 0 Å². The molecule has 2 N–H and O–H groups in total. The van der Waals surface area contributed by atoms with Crippen LogP contribution in [0.5, 0.6) is 0 Å². The minimum absolute atomic E-state index is 0.0113. The van der Waals surface area contributed by atoms with Crippen LogP contribution in [0.1, 0.15) is 98.4 Å². The lowest BCUT2D eigenvalue weighted by Crippen LogP contribution is -2.40. The quantitative estimate of drug-likeness (QED) is 0.0934. The van der Waals surface area contributed by atoms with Crippen LogP contribution in [0.3, 0.4) is 0 Å². The van der Waals surface area contributed by atoms with Crippen molar-refractivity contribution in [2.75, 3.05) is 0 Å². The Hall–Kier alpha value is -0.126. The van der Waals surface area contributed by atoms with Crippen molar-refractivity contribution < 1.29 is 28.7 Å². The molecule has 0 aliphatic carbocycles. The van der Waals surface area contributed by atoms with E-state index in [1.165, 1.54) is 16.1 Å². The maximum atomic E-state index is 11.4. The lowest BCUT2D eigenvalue weighted by molar-refractivity contribution is 0.100.